The summed E-state index contributed by atoms with van der Waals surface area (Å²) in [5, 5.41) is 10.9. The van der Waals surface area contributed by atoms with E-state index in [4.69, 9.17) is 9.47 Å². The fraction of sp³-hybridized carbons (Fsp3) is 0.469. The monoisotopic (exact) mass is 510 g/mol. The van der Waals surface area contributed by atoms with Crippen molar-refractivity contribution in [1.29, 1.82) is 0 Å². The predicted molar refractivity (Wildman–Crippen MR) is 144 cm³/mol. The van der Waals surface area contributed by atoms with E-state index >= 15 is 0 Å². The van der Waals surface area contributed by atoms with E-state index < -0.39 is 5.60 Å². The molecule has 1 N–H and O–H groups in total. The molecular weight excluding hydrogens is 476 g/mol. The smallest absolute Gasteiger partial charge is 0.246 e. The SMILES string of the molecule is CO[C@]12C=C[C@@]3([C@@H]4CN(C(=O)/C=C/c5ccc(C)cc5)C[C@@H]41)[C@H]1Cc4ccc(O)c5c4[C@@]3(CCN1C)[C@H]2O5. The van der Waals surface area contributed by atoms with Gasteiger partial charge >= 0.3 is 0 Å². The van der Waals surface area contributed by atoms with Crippen molar-refractivity contribution >= 4 is 12.0 Å². The number of phenolic OH excluding ortho intramolecular Hbond substituents is 1. The summed E-state index contributed by atoms with van der Waals surface area (Å²) in [5.41, 5.74) is 3.63. The van der Waals surface area contributed by atoms with Crippen LogP contribution < -0.4 is 4.74 Å². The van der Waals surface area contributed by atoms with E-state index in [9.17, 15) is 9.90 Å². The second-order valence-electron chi connectivity index (χ2n) is 12.4. The number of methoxy groups -OCH3 is 1. The maximum atomic E-state index is 13.6. The van der Waals surface area contributed by atoms with Crippen LogP contribution in [0.5, 0.6) is 11.5 Å². The van der Waals surface area contributed by atoms with Gasteiger partial charge in [-0.1, -0.05) is 48.0 Å². The summed E-state index contributed by atoms with van der Waals surface area (Å²) in [4.78, 5) is 18.1. The lowest BCUT2D eigenvalue weighted by molar-refractivity contribution is -0.230. The van der Waals surface area contributed by atoms with Crippen molar-refractivity contribution in [2.75, 3.05) is 33.8 Å². The summed E-state index contributed by atoms with van der Waals surface area (Å²) >= 11 is 0. The van der Waals surface area contributed by atoms with Gasteiger partial charge in [-0.05, 0) is 62.5 Å². The fourth-order valence-electron chi connectivity index (χ4n) is 9.67. The molecule has 2 aromatic rings. The van der Waals surface area contributed by atoms with Crippen LogP contribution in [0.15, 0.2) is 54.6 Å². The Hall–Kier alpha value is -3.09. The number of ether oxygens (including phenoxy) is 2. The average molecular weight is 511 g/mol. The van der Waals surface area contributed by atoms with Crippen molar-refractivity contribution in [3.05, 3.63) is 76.9 Å². The van der Waals surface area contributed by atoms with Gasteiger partial charge in [-0.25, -0.2) is 0 Å². The molecule has 2 saturated heterocycles. The molecule has 1 amide bonds. The Morgan fingerprint density at radius 3 is 2.71 bits per heavy atom. The number of benzene rings is 2. The van der Waals surface area contributed by atoms with Crippen LogP contribution in [0.4, 0.5) is 0 Å². The van der Waals surface area contributed by atoms with Crippen LogP contribution in [0.2, 0.25) is 0 Å². The van der Waals surface area contributed by atoms with Crippen LogP contribution in [0, 0.1) is 24.2 Å². The number of amides is 1. The van der Waals surface area contributed by atoms with Crippen molar-refractivity contribution in [2.45, 2.75) is 42.9 Å². The molecule has 38 heavy (non-hydrogen) atoms. The first kappa shape index (κ1) is 22.9. The molecule has 7 atom stereocenters. The Morgan fingerprint density at radius 1 is 1.13 bits per heavy atom. The molecule has 0 unspecified atom stereocenters. The summed E-state index contributed by atoms with van der Waals surface area (Å²) in [6.07, 6.45) is 10.0. The Balaban J connectivity index is 1.25. The minimum atomic E-state index is -0.650. The maximum Gasteiger partial charge on any atom is 0.246 e. The summed E-state index contributed by atoms with van der Waals surface area (Å²) in [7, 11) is 4.04. The Labute approximate surface area is 223 Å². The molecule has 2 aromatic carbocycles. The van der Waals surface area contributed by atoms with Crippen LogP contribution in [0.3, 0.4) is 0 Å². The highest BCUT2D eigenvalue weighted by Gasteiger charge is 2.82. The van der Waals surface area contributed by atoms with Crippen LogP contribution in [0.1, 0.15) is 28.7 Å². The highest BCUT2D eigenvalue weighted by Crippen LogP contribution is 2.76. The van der Waals surface area contributed by atoms with Crippen molar-refractivity contribution in [3.63, 3.8) is 0 Å². The highest BCUT2D eigenvalue weighted by atomic mass is 16.6. The molecule has 1 saturated carbocycles. The first-order valence-corrected chi connectivity index (χ1v) is 13.9. The quantitative estimate of drug-likeness (QED) is 0.504. The lowest BCUT2D eigenvalue weighted by atomic mass is 9.34. The van der Waals surface area contributed by atoms with E-state index in [1.807, 2.05) is 23.1 Å². The third kappa shape index (κ3) is 2.41. The topological polar surface area (TPSA) is 62.2 Å². The molecule has 196 valence electrons. The summed E-state index contributed by atoms with van der Waals surface area (Å²) < 4.78 is 13.3. The normalized spacial score (nSPS) is 39.4. The number of phenols is 1. The minimum absolute atomic E-state index is 0.0543. The molecule has 6 heteroatoms. The van der Waals surface area contributed by atoms with Gasteiger partial charge in [0.25, 0.3) is 0 Å². The van der Waals surface area contributed by atoms with Gasteiger partial charge < -0.3 is 24.4 Å². The Bertz CT molecular complexity index is 1430. The number of likely N-dealkylation sites (N-methyl/N-ethyl adjacent to an activating group) is 1. The molecule has 9 rings (SSSR count). The van der Waals surface area contributed by atoms with Crippen molar-refractivity contribution in [3.8, 4) is 11.5 Å². The van der Waals surface area contributed by atoms with Crippen LogP contribution in [-0.2, 0) is 21.4 Å². The second kappa shape index (κ2) is 7.30. The third-order valence-corrected chi connectivity index (χ3v) is 11.2. The lowest BCUT2D eigenvalue weighted by Crippen LogP contribution is -2.81. The van der Waals surface area contributed by atoms with E-state index in [1.165, 1.54) is 16.7 Å². The molecular formula is C32H34N2O4. The van der Waals surface area contributed by atoms with E-state index in [0.29, 0.717) is 24.9 Å². The van der Waals surface area contributed by atoms with Crippen LogP contribution >= 0.6 is 0 Å². The number of carbonyl (C=O) groups is 1. The zero-order valence-corrected chi connectivity index (χ0v) is 22.2. The van der Waals surface area contributed by atoms with Crippen molar-refractivity contribution in [1.82, 2.24) is 9.80 Å². The number of nitrogens with zero attached hydrogens (tertiary/aromatic N) is 2. The number of aryl methyl sites for hydroxylation is 1. The zero-order chi connectivity index (χ0) is 26.0. The van der Waals surface area contributed by atoms with E-state index in [2.05, 4.69) is 49.2 Å². The van der Waals surface area contributed by atoms with Gasteiger partial charge in [0.2, 0.25) is 5.91 Å². The first-order chi connectivity index (χ1) is 18.4. The average Bonchev–Trinajstić information content (AvgIpc) is 3.54. The first-order valence-electron chi connectivity index (χ1n) is 13.9. The summed E-state index contributed by atoms with van der Waals surface area (Å²) in [5.74, 6) is 1.32. The predicted octanol–water partition coefficient (Wildman–Crippen LogP) is 3.70. The summed E-state index contributed by atoms with van der Waals surface area (Å²) in [6, 6.07) is 12.4. The van der Waals surface area contributed by atoms with Crippen LogP contribution in [0.25, 0.3) is 6.08 Å². The van der Waals surface area contributed by atoms with Crippen molar-refractivity contribution < 1.29 is 19.4 Å². The minimum Gasteiger partial charge on any atom is -0.504 e. The van der Waals surface area contributed by atoms with E-state index in [-0.39, 0.29) is 40.4 Å². The van der Waals surface area contributed by atoms with Gasteiger partial charge in [-0.15, -0.1) is 0 Å². The Kier molecular flexibility index (Phi) is 4.39. The number of hydrogen-bond acceptors (Lipinski definition) is 5. The number of carbonyl (C=O) groups excluding carboxylic acids is 1. The largest absolute Gasteiger partial charge is 0.504 e. The fourth-order valence-corrected chi connectivity index (χ4v) is 9.67. The molecule has 0 aromatic heterocycles. The van der Waals surface area contributed by atoms with Gasteiger partial charge in [0.05, 0.1) is 5.41 Å². The lowest BCUT2D eigenvalue weighted by Gasteiger charge is -2.72. The maximum absolute atomic E-state index is 13.6. The van der Waals surface area contributed by atoms with Gasteiger partial charge in [0.15, 0.2) is 11.5 Å². The van der Waals surface area contributed by atoms with Gasteiger partial charge in [-0.2, -0.15) is 0 Å². The molecule has 3 heterocycles. The van der Waals surface area contributed by atoms with Crippen molar-refractivity contribution in [2.24, 2.45) is 17.3 Å². The summed E-state index contributed by atoms with van der Waals surface area (Å²) in [6.45, 7) is 4.40. The number of piperidine rings is 1. The third-order valence-electron chi connectivity index (χ3n) is 11.2. The van der Waals surface area contributed by atoms with Crippen LogP contribution in [-0.4, -0.2) is 72.4 Å². The standard InChI is InChI=1S/C32H34N2O4/c1-19-4-6-20(7-5-19)8-11-26(36)34-17-22-23(18-34)32(37-3)13-12-30(22)25-16-21-9-10-24(35)28-27(21)31(30,29(32)38-28)14-15-33(25)2/h4-13,22-23,25,29,35H,14-18H2,1-3H3/b11-8+/t22-,23+,25-,29-,30-,31+,32-/m1/s1. The number of aromatic hydroxyl groups is 1. The highest BCUT2D eigenvalue weighted by molar-refractivity contribution is 5.92. The number of hydrogen-bond donors (Lipinski definition) is 1. The van der Waals surface area contributed by atoms with E-state index in [1.54, 1.807) is 19.3 Å². The van der Waals surface area contributed by atoms with Gasteiger partial charge in [0.1, 0.15) is 11.7 Å². The zero-order valence-electron chi connectivity index (χ0n) is 22.2. The molecule has 4 bridgehead atoms. The molecule has 2 spiro atoms. The Morgan fingerprint density at radius 2 is 1.92 bits per heavy atom. The number of likely N-dealkylation sites (tertiary alicyclic amines) is 2. The molecule has 6 nitrogen and oxygen atoms in total. The van der Waals surface area contributed by atoms with Gasteiger partial charge in [0, 0.05) is 49.2 Å². The second-order valence-corrected chi connectivity index (χ2v) is 12.4. The van der Waals surface area contributed by atoms with Gasteiger partial charge in [-0.3, -0.25) is 4.79 Å². The van der Waals surface area contributed by atoms with E-state index in [0.717, 1.165) is 24.9 Å². The molecule has 7 aliphatic rings. The molecule has 3 aliphatic heterocycles. The number of rotatable bonds is 3. The molecule has 4 aliphatic carbocycles. The molecule has 3 fully saturated rings. The molecule has 0 radical (unpaired) electrons.